The van der Waals surface area contributed by atoms with Gasteiger partial charge in [-0.3, -0.25) is 0 Å². The van der Waals surface area contributed by atoms with Gasteiger partial charge in [0, 0.05) is 6.20 Å². The lowest BCUT2D eigenvalue weighted by Gasteiger charge is -2.09. The molecule has 0 saturated heterocycles. The number of benzene rings is 1. The number of halogens is 2. The van der Waals surface area contributed by atoms with Gasteiger partial charge < -0.3 is 10.5 Å². The lowest BCUT2D eigenvalue weighted by atomic mass is 10.2. The van der Waals surface area contributed by atoms with Gasteiger partial charge in [-0.15, -0.1) is 0 Å². The molecule has 5 heteroatoms. The van der Waals surface area contributed by atoms with Crippen molar-refractivity contribution in [1.82, 2.24) is 4.98 Å². The van der Waals surface area contributed by atoms with Gasteiger partial charge >= 0.3 is 0 Å². The lowest BCUT2D eigenvalue weighted by Crippen LogP contribution is -1.99. The van der Waals surface area contributed by atoms with Gasteiger partial charge in [0.05, 0.1) is 5.69 Å². The van der Waals surface area contributed by atoms with Crippen LogP contribution in [0.5, 0.6) is 11.6 Å². The monoisotopic (exact) mass is 236 g/mol. The second kappa shape index (κ2) is 4.37. The Kier molecular flexibility index (Phi) is 2.91. The number of ether oxygens (including phenoxy) is 1. The van der Waals surface area contributed by atoms with Gasteiger partial charge in [-0.05, 0) is 30.7 Å². The molecule has 0 radical (unpaired) electrons. The van der Waals surface area contributed by atoms with Crippen molar-refractivity contribution in [3.8, 4) is 11.6 Å². The van der Waals surface area contributed by atoms with Gasteiger partial charge in [0.2, 0.25) is 11.7 Å². The Labute approximate surface area is 96.9 Å². The summed E-state index contributed by atoms with van der Waals surface area (Å²) in [4.78, 5) is 3.87. The van der Waals surface area contributed by atoms with E-state index in [0.29, 0.717) is 5.69 Å². The summed E-state index contributed by atoms with van der Waals surface area (Å²) in [5, 5.41) is 0. The van der Waals surface area contributed by atoms with Gasteiger partial charge in [0.25, 0.3) is 0 Å². The summed E-state index contributed by atoms with van der Waals surface area (Å²) in [7, 11) is 0. The van der Waals surface area contributed by atoms with Gasteiger partial charge in [-0.25, -0.2) is 9.37 Å². The quantitative estimate of drug-likeness (QED) is 0.871. The first-order valence-corrected chi connectivity index (χ1v) is 4.92. The standard InChI is InChI=1S/C12H10F2N2O/c1-7-5-6-16-12(11(7)15)17-9-4-2-3-8(13)10(9)14/h2-6H,15H2,1H3. The van der Waals surface area contributed by atoms with Crippen LogP contribution in [0, 0.1) is 18.6 Å². The van der Waals surface area contributed by atoms with Crippen LogP contribution < -0.4 is 10.5 Å². The van der Waals surface area contributed by atoms with Crippen LogP contribution in [-0.2, 0) is 0 Å². The van der Waals surface area contributed by atoms with Crippen LogP contribution in [0.1, 0.15) is 5.56 Å². The SMILES string of the molecule is Cc1ccnc(Oc2cccc(F)c2F)c1N. The maximum Gasteiger partial charge on any atom is 0.243 e. The van der Waals surface area contributed by atoms with Crippen molar-refractivity contribution in [3.63, 3.8) is 0 Å². The molecule has 0 aliphatic heterocycles. The predicted octanol–water partition coefficient (Wildman–Crippen LogP) is 3.04. The Bertz CT molecular complexity index is 509. The van der Waals surface area contributed by atoms with Crippen molar-refractivity contribution in [2.75, 3.05) is 5.73 Å². The molecule has 0 aliphatic rings. The second-order valence-corrected chi connectivity index (χ2v) is 3.50. The molecule has 1 aromatic heterocycles. The van der Waals surface area contributed by atoms with Crippen molar-refractivity contribution < 1.29 is 13.5 Å². The van der Waals surface area contributed by atoms with Crippen LogP contribution >= 0.6 is 0 Å². The zero-order valence-corrected chi connectivity index (χ0v) is 9.08. The fourth-order valence-electron chi connectivity index (χ4n) is 1.29. The van der Waals surface area contributed by atoms with Crippen LogP contribution in [0.25, 0.3) is 0 Å². The molecule has 1 heterocycles. The smallest absolute Gasteiger partial charge is 0.243 e. The number of hydrogen-bond donors (Lipinski definition) is 1. The van der Waals surface area contributed by atoms with Crippen LogP contribution in [0.2, 0.25) is 0 Å². The first kappa shape index (κ1) is 11.3. The Morgan fingerprint density at radius 2 is 2.00 bits per heavy atom. The third-order valence-corrected chi connectivity index (χ3v) is 2.29. The fraction of sp³-hybridized carbons (Fsp3) is 0.0833. The Morgan fingerprint density at radius 3 is 2.76 bits per heavy atom. The Morgan fingerprint density at radius 1 is 1.24 bits per heavy atom. The number of anilines is 1. The highest BCUT2D eigenvalue weighted by molar-refractivity contribution is 5.55. The highest BCUT2D eigenvalue weighted by Gasteiger charge is 2.12. The van der Waals surface area contributed by atoms with E-state index >= 15 is 0 Å². The molecular formula is C12H10F2N2O. The topological polar surface area (TPSA) is 48.1 Å². The first-order chi connectivity index (χ1) is 8.09. The first-order valence-electron chi connectivity index (χ1n) is 4.92. The van der Waals surface area contributed by atoms with Crippen LogP contribution in [0.3, 0.4) is 0 Å². The summed E-state index contributed by atoms with van der Waals surface area (Å²) < 4.78 is 31.5. The van der Waals surface area contributed by atoms with Crippen molar-refractivity contribution in [2.45, 2.75) is 6.92 Å². The van der Waals surface area contributed by atoms with Gasteiger partial charge in [0.15, 0.2) is 11.6 Å². The minimum atomic E-state index is -1.06. The summed E-state index contributed by atoms with van der Waals surface area (Å²) in [6.45, 7) is 1.77. The number of rotatable bonds is 2. The molecule has 0 unspecified atom stereocenters. The molecule has 1 aromatic carbocycles. The summed E-state index contributed by atoms with van der Waals surface area (Å²) >= 11 is 0. The Hall–Kier alpha value is -2.17. The van der Waals surface area contributed by atoms with E-state index < -0.39 is 11.6 Å². The van der Waals surface area contributed by atoms with Crippen molar-refractivity contribution in [1.29, 1.82) is 0 Å². The third kappa shape index (κ3) is 2.18. The van der Waals surface area contributed by atoms with E-state index in [4.69, 9.17) is 10.5 Å². The average Bonchev–Trinajstić information content (AvgIpc) is 2.31. The number of hydrogen-bond acceptors (Lipinski definition) is 3. The summed E-state index contributed by atoms with van der Waals surface area (Å²) in [5.74, 6) is -2.21. The van der Waals surface area contributed by atoms with E-state index in [1.807, 2.05) is 0 Å². The molecule has 3 nitrogen and oxygen atoms in total. The number of pyridine rings is 1. The zero-order valence-electron chi connectivity index (χ0n) is 9.08. The molecule has 0 amide bonds. The molecule has 0 saturated carbocycles. The van der Waals surface area contributed by atoms with Crippen LogP contribution in [0.15, 0.2) is 30.5 Å². The molecule has 0 aliphatic carbocycles. The number of nitrogens with zero attached hydrogens (tertiary/aromatic N) is 1. The lowest BCUT2D eigenvalue weighted by molar-refractivity contribution is 0.407. The zero-order chi connectivity index (χ0) is 12.4. The minimum absolute atomic E-state index is 0.0644. The van der Waals surface area contributed by atoms with Crippen molar-refractivity contribution >= 4 is 5.69 Å². The molecule has 2 aromatic rings. The van der Waals surface area contributed by atoms with Crippen LogP contribution in [0.4, 0.5) is 14.5 Å². The number of aromatic nitrogens is 1. The molecule has 0 bridgehead atoms. The number of aryl methyl sites for hydroxylation is 1. The number of nitrogens with two attached hydrogens (primary N) is 1. The van der Waals surface area contributed by atoms with E-state index in [-0.39, 0.29) is 11.6 Å². The van der Waals surface area contributed by atoms with Crippen molar-refractivity contribution in [2.24, 2.45) is 0 Å². The molecule has 2 N–H and O–H groups in total. The molecule has 88 valence electrons. The van der Waals surface area contributed by atoms with E-state index in [1.165, 1.54) is 18.3 Å². The summed E-state index contributed by atoms with van der Waals surface area (Å²) in [6.07, 6.45) is 1.48. The van der Waals surface area contributed by atoms with Gasteiger partial charge in [0.1, 0.15) is 0 Å². The summed E-state index contributed by atoms with van der Waals surface area (Å²) in [5.41, 5.74) is 6.77. The normalized spacial score (nSPS) is 10.3. The molecule has 0 atom stereocenters. The molecule has 17 heavy (non-hydrogen) atoms. The highest BCUT2D eigenvalue weighted by Crippen LogP contribution is 2.29. The fourth-order valence-corrected chi connectivity index (χ4v) is 1.29. The van der Waals surface area contributed by atoms with E-state index in [9.17, 15) is 8.78 Å². The maximum atomic E-state index is 13.4. The molecule has 0 spiro atoms. The minimum Gasteiger partial charge on any atom is -0.434 e. The third-order valence-electron chi connectivity index (χ3n) is 2.29. The molecular weight excluding hydrogens is 226 g/mol. The second-order valence-electron chi connectivity index (χ2n) is 3.50. The molecule has 2 rings (SSSR count). The van der Waals surface area contributed by atoms with Crippen molar-refractivity contribution in [3.05, 3.63) is 47.7 Å². The van der Waals surface area contributed by atoms with E-state index in [1.54, 1.807) is 13.0 Å². The number of nitrogen functional groups attached to an aromatic ring is 1. The Balaban J connectivity index is 2.38. The van der Waals surface area contributed by atoms with Crippen LogP contribution in [-0.4, -0.2) is 4.98 Å². The van der Waals surface area contributed by atoms with E-state index in [0.717, 1.165) is 11.6 Å². The van der Waals surface area contributed by atoms with Gasteiger partial charge in [-0.1, -0.05) is 6.07 Å². The highest BCUT2D eigenvalue weighted by atomic mass is 19.2. The predicted molar refractivity (Wildman–Crippen MR) is 59.8 cm³/mol. The average molecular weight is 236 g/mol. The van der Waals surface area contributed by atoms with Gasteiger partial charge in [-0.2, -0.15) is 4.39 Å². The van der Waals surface area contributed by atoms with E-state index in [2.05, 4.69) is 4.98 Å². The largest absolute Gasteiger partial charge is 0.434 e. The maximum absolute atomic E-state index is 13.4. The summed E-state index contributed by atoms with van der Waals surface area (Å²) in [6, 6.07) is 5.36. The molecule has 0 fully saturated rings.